The van der Waals surface area contributed by atoms with Crippen molar-refractivity contribution in [1.29, 1.82) is 0 Å². The average Bonchev–Trinajstić information content (AvgIpc) is 3.26. The minimum Gasteiger partial charge on any atom is -0.494 e. The number of hydrogen-bond donors (Lipinski definition) is 2. The number of H-pyrrole nitrogens is 1. The van der Waals surface area contributed by atoms with Gasteiger partial charge in [-0.15, -0.1) is 0 Å². The number of rotatable bonds is 11. The van der Waals surface area contributed by atoms with E-state index in [9.17, 15) is 21.6 Å². The summed E-state index contributed by atoms with van der Waals surface area (Å²) in [7, 11) is -3.64. The zero-order valence-electron chi connectivity index (χ0n) is 20.4. The van der Waals surface area contributed by atoms with Crippen LogP contribution in [-0.2, 0) is 16.4 Å². The first-order chi connectivity index (χ1) is 17.6. The van der Waals surface area contributed by atoms with Gasteiger partial charge in [-0.05, 0) is 93.2 Å². The monoisotopic (exact) mass is 557 g/mol. The molecule has 0 saturated carbocycles. The number of benzene rings is 2. The minimum atomic E-state index is -4.10. The summed E-state index contributed by atoms with van der Waals surface area (Å²) < 4.78 is 71.9. The van der Waals surface area contributed by atoms with Gasteiger partial charge in [-0.2, -0.15) is 13.2 Å². The number of hydrogen-bond acceptors (Lipinski definition) is 4. The minimum absolute atomic E-state index is 0.145. The van der Waals surface area contributed by atoms with Crippen LogP contribution in [0.3, 0.4) is 0 Å². The van der Waals surface area contributed by atoms with E-state index in [1.165, 1.54) is 12.1 Å². The molecule has 0 aliphatic carbocycles. The molecule has 3 aromatic rings. The summed E-state index contributed by atoms with van der Waals surface area (Å²) in [6.45, 7) is 2.27. The van der Waals surface area contributed by atoms with Gasteiger partial charge >= 0.3 is 6.18 Å². The maximum absolute atomic E-state index is 12.8. The summed E-state index contributed by atoms with van der Waals surface area (Å²) in [4.78, 5) is 5.38. The third-order valence-electron chi connectivity index (χ3n) is 6.72. The lowest BCUT2D eigenvalue weighted by atomic mass is 9.96. The van der Waals surface area contributed by atoms with Crippen molar-refractivity contribution in [2.45, 2.75) is 43.2 Å². The van der Waals surface area contributed by atoms with Gasteiger partial charge in [-0.25, -0.2) is 13.1 Å². The van der Waals surface area contributed by atoms with E-state index in [-0.39, 0.29) is 17.7 Å². The van der Waals surface area contributed by atoms with E-state index < -0.39 is 22.1 Å². The predicted octanol–water partition coefficient (Wildman–Crippen LogP) is 5.78. The van der Waals surface area contributed by atoms with Crippen LogP contribution in [0.15, 0.2) is 53.6 Å². The van der Waals surface area contributed by atoms with Crippen LogP contribution in [-0.4, -0.2) is 57.3 Å². The molecule has 2 N–H and O–H groups in total. The summed E-state index contributed by atoms with van der Waals surface area (Å²) in [5.74, 6) is -0.642. The molecule has 2 aromatic carbocycles. The zero-order valence-corrected chi connectivity index (χ0v) is 21.9. The third-order valence-corrected chi connectivity index (χ3v) is 8.43. The quantitative estimate of drug-likeness (QED) is 0.293. The Balaban J connectivity index is 1.16. The number of ether oxygens (including phenoxy) is 1. The van der Waals surface area contributed by atoms with E-state index in [2.05, 4.69) is 9.71 Å². The van der Waals surface area contributed by atoms with Crippen molar-refractivity contribution in [3.8, 4) is 5.75 Å². The molecule has 11 heteroatoms. The number of halogens is 4. The normalized spacial score (nSPS) is 15.9. The predicted molar refractivity (Wildman–Crippen MR) is 139 cm³/mol. The Bertz CT molecular complexity index is 1270. The first-order valence-corrected chi connectivity index (χ1v) is 14.2. The fourth-order valence-electron chi connectivity index (χ4n) is 4.60. The van der Waals surface area contributed by atoms with Crippen LogP contribution in [0.4, 0.5) is 13.2 Å². The first kappa shape index (κ1) is 27.8. The van der Waals surface area contributed by atoms with Gasteiger partial charge < -0.3 is 14.6 Å². The van der Waals surface area contributed by atoms with Crippen molar-refractivity contribution in [3.63, 3.8) is 0 Å². The molecule has 0 atom stereocenters. The summed E-state index contributed by atoms with van der Waals surface area (Å²) in [6, 6.07) is 11.9. The number of nitrogens with one attached hydrogen (secondary N) is 2. The van der Waals surface area contributed by atoms with Gasteiger partial charge in [0.1, 0.15) is 5.75 Å². The van der Waals surface area contributed by atoms with Gasteiger partial charge in [0, 0.05) is 35.2 Å². The molecule has 0 bridgehead atoms. The topological polar surface area (TPSA) is 74.4 Å². The standard InChI is InChI=1S/C26H31ClF3N3O3S/c27-21-4-9-25-24(17-21)19(18-31-25)3-1-12-32-37(34,35)23-7-5-22(6-8-23)36-16-2-13-33-14-10-20(11-15-33)26(28,29)30/h4-9,17-18,20,31-32H,1-3,10-16H2. The molecule has 202 valence electrons. The van der Waals surface area contributed by atoms with Crippen LogP contribution in [0.2, 0.25) is 5.02 Å². The van der Waals surface area contributed by atoms with Crippen LogP contribution in [0.25, 0.3) is 10.9 Å². The van der Waals surface area contributed by atoms with Gasteiger partial charge in [0.15, 0.2) is 0 Å². The summed E-state index contributed by atoms with van der Waals surface area (Å²) in [6.07, 6.45) is 0.130. The van der Waals surface area contributed by atoms with Crippen LogP contribution < -0.4 is 9.46 Å². The van der Waals surface area contributed by atoms with E-state index in [1.54, 1.807) is 12.1 Å². The smallest absolute Gasteiger partial charge is 0.391 e. The van der Waals surface area contributed by atoms with Crippen LogP contribution >= 0.6 is 11.6 Å². The highest BCUT2D eigenvalue weighted by Crippen LogP contribution is 2.34. The Labute approximate surface area is 220 Å². The van der Waals surface area contributed by atoms with Crippen LogP contribution in [0.1, 0.15) is 31.2 Å². The highest BCUT2D eigenvalue weighted by molar-refractivity contribution is 7.89. The van der Waals surface area contributed by atoms with Gasteiger partial charge in [-0.1, -0.05) is 11.6 Å². The molecule has 1 aromatic heterocycles. The third kappa shape index (κ3) is 7.63. The van der Waals surface area contributed by atoms with Crippen LogP contribution in [0.5, 0.6) is 5.75 Å². The first-order valence-electron chi connectivity index (χ1n) is 12.4. The number of sulfonamides is 1. The molecule has 1 aliphatic heterocycles. The number of nitrogens with zero attached hydrogens (tertiary/aromatic N) is 1. The molecule has 1 fully saturated rings. The van der Waals surface area contributed by atoms with E-state index in [0.29, 0.717) is 62.8 Å². The van der Waals surface area contributed by atoms with Crippen molar-refractivity contribution in [1.82, 2.24) is 14.6 Å². The lowest BCUT2D eigenvalue weighted by molar-refractivity contribution is -0.185. The molecule has 1 aliphatic rings. The van der Waals surface area contributed by atoms with Crippen molar-refractivity contribution in [2.75, 3.05) is 32.8 Å². The second-order valence-corrected chi connectivity index (χ2v) is 11.5. The Morgan fingerprint density at radius 2 is 1.81 bits per heavy atom. The Hall–Kier alpha value is -2.27. The number of piperidine rings is 1. The van der Waals surface area contributed by atoms with Crippen molar-refractivity contribution < 1.29 is 26.3 Å². The van der Waals surface area contributed by atoms with Crippen molar-refractivity contribution in [3.05, 3.63) is 59.2 Å². The molecule has 2 heterocycles. The maximum Gasteiger partial charge on any atom is 0.391 e. The number of aromatic amines is 1. The van der Waals surface area contributed by atoms with E-state index in [0.717, 1.165) is 16.5 Å². The molecule has 0 spiro atoms. The van der Waals surface area contributed by atoms with Gasteiger partial charge in [-0.3, -0.25) is 0 Å². The van der Waals surface area contributed by atoms with Gasteiger partial charge in [0.05, 0.1) is 17.4 Å². The molecule has 0 unspecified atom stereocenters. The molecular weight excluding hydrogens is 527 g/mol. The highest BCUT2D eigenvalue weighted by atomic mass is 35.5. The maximum atomic E-state index is 12.8. The summed E-state index contributed by atoms with van der Waals surface area (Å²) in [5.41, 5.74) is 2.08. The number of aromatic nitrogens is 1. The molecule has 0 amide bonds. The SMILES string of the molecule is O=S(=O)(NCCCc1c[nH]c2ccc(Cl)cc12)c1ccc(OCCCN2CCC(C(F)(F)F)CC2)cc1. The van der Waals surface area contributed by atoms with E-state index in [1.807, 2.05) is 29.3 Å². The molecule has 37 heavy (non-hydrogen) atoms. The van der Waals surface area contributed by atoms with Gasteiger partial charge in [0.2, 0.25) is 10.0 Å². The summed E-state index contributed by atoms with van der Waals surface area (Å²) in [5, 5.41) is 1.70. The second-order valence-electron chi connectivity index (χ2n) is 9.34. The number of alkyl halides is 3. The number of aryl methyl sites for hydroxylation is 1. The van der Waals surface area contributed by atoms with E-state index in [4.69, 9.17) is 16.3 Å². The largest absolute Gasteiger partial charge is 0.494 e. The number of fused-ring (bicyclic) bond motifs is 1. The molecule has 4 rings (SSSR count). The Kier molecular flexibility index (Phi) is 9.05. The molecule has 0 radical (unpaired) electrons. The summed E-state index contributed by atoms with van der Waals surface area (Å²) >= 11 is 6.08. The van der Waals surface area contributed by atoms with Gasteiger partial charge in [0.25, 0.3) is 0 Å². The van der Waals surface area contributed by atoms with E-state index >= 15 is 0 Å². The van der Waals surface area contributed by atoms with Crippen molar-refractivity contribution >= 4 is 32.5 Å². The zero-order chi connectivity index (χ0) is 26.5. The van der Waals surface area contributed by atoms with Crippen LogP contribution in [0, 0.1) is 5.92 Å². The van der Waals surface area contributed by atoms with Crippen molar-refractivity contribution in [2.24, 2.45) is 5.92 Å². The Morgan fingerprint density at radius 1 is 1.08 bits per heavy atom. The molecular formula is C26H31ClF3N3O3S. The fraction of sp³-hybridized carbons (Fsp3) is 0.462. The Morgan fingerprint density at radius 3 is 2.51 bits per heavy atom. The fourth-order valence-corrected chi connectivity index (χ4v) is 5.85. The lowest BCUT2D eigenvalue weighted by Gasteiger charge is -2.32. The molecule has 1 saturated heterocycles. The highest BCUT2D eigenvalue weighted by Gasteiger charge is 2.40. The average molecular weight is 558 g/mol. The second kappa shape index (κ2) is 12.1. The number of likely N-dealkylation sites (tertiary alicyclic amines) is 1. The lowest BCUT2D eigenvalue weighted by Crippen LogP contribution is -2.39. The molecule has 6 nitrogen and oxygen atoms in total.